The average Bonchev–Trinajstić information content (AvgIpc) is 2.71. The van der Waals surface area contributed by atoms with Crippen molar-refractivity contribution in [3.63, 3.8) is 0 Å². The topological polar surface area (TPSA) is 75.7 Å². The fourth-order valence-corrected chi connectivity index (χ4v) is 5.18. The Labute approximate surface area is 185 Å². The van der Waals surface area contributed by atoms with Crippen molar-refractivity contribution in [2.24, 2.45) is 0 Å². The van der Waals surface area contributed by atoms with Crippen molar-refractivity contribution in [3.05, 3.63) is 59.2 Å². The van der Waals surface area contributed by atoms with Crippen LogP contribution in [0, 0.1) is 13.8 Å². The third-order valence-corrected chi connectivity index (χ3v) is 7.26. The Morgan fingerprint density at radius 2 is 1.84 bits per heavy atom. The van der Waals surface area contributed by atoms with E-state index in [1.807, 2.05) is 50.2 Å². The fraction of sp³-hybridized carbons (Fsp3) is 0.458. The minimum atomic E-state index is -3.63. The number of amides is 1. The molecule has 1 heterocycles. The molecular formula is C24H32N2O4S. The molecule has 2 aromatic carbocycles. The Bertz CT molecular complexity index is 1060. The van der Waals surface area contributed by atoms with Crippen LogP contribution in [-0.2, 0) is 14.8 Å². The zero-order valence-corrected chi connectivity index (χ0v) is 19.8. The first-order valence-electron chi connectivity index (χ1n) is 10.7. The number of anilines is 1. The number of hydrogen-bond donors (Lipinski definition) is 1. The lowest BCUT2D eigenvalue weighted by Crippen LogP contribution is -2.47. The lowest BCUT2D eigenvalue weighted by atomic mass is 9.83. The SMILES string of the molecule is CCC1(CC)C[C@@H](NC(=O)CN(c2ccc(C)cc2C)S(C)(=O)=O)c2ccccc2O1. The number of aryl methyl sites for hydroxylation is 2. The highest BCUT2D eigenvalue weighted by Crippen LogP contribution is 2.42. The molecule has 0 spiro atoms. The van der Waals surface area contributed by atoms with Crippen LogP contribution < -0.4 is 14.4 Å². The molecule has 0 aliphatic carbocycles. The Kier molecular flexibility index (Phi) is 6.65. The number of benzene rings is 2. The van der Waals surface area contributed by atoms with Gasteiger partial charge in [-0.1, -0.05) is 49.7 Å². The van der Waals surface area contributed by atoms with Gasteiger partial charge in [-0.2, -0.15) is 0 Å². The van der Waals surface area contributed by atoms with Crippen molar-refractivity contribution in [2.45, 2.75) is 58.6 Å². The number of hydrogen-bond acceptors (Lipinski definition) is 4. The molecule has 3 rings (SSSR count). The summed E-state index contributed by atoms with van der Waals surface area (Å²) in [7, 11) is -3.63. The van der Waals surface area contributed by atoms with E-state index in [9.17, 15) is 13.2 Å². The van der Waals surface area contributed by atoms with Gasteiger partial charge in [-0.15, -0.1) is 0 Å². The fourth-order valence-electron chi connectivity index (χ4n) is 4.27. The smallest absolute Gasteiger partial charge is 0.241 e. The molecule has 0 saturated carbocycles. The number of rotatable bonds is 7. The molecule has 0 unspecified atom stereocenters. The number of fused-ring (bicyclic) bond motifs is 1. The third-order valence-electron chi connectivity index (χ3n) is 6.13. The number of carbonyl (C=O) groups excluding carboxylic acids is 1. The van der Waals surface area contributed by atoms with Crippen molar-refractivity contribution in [1.29, 1.82) is 0 Å². The minimum Gasteiger partial charge on any atom is -0.487 e. The summed E-state index contributed by atoms with van der Waals surface area (Å²) in [5.41, 5.74) is 2.94. The van der Waals surface area contributed by atoms with Crippen LogP contribution in [0.25, 0.3) is 0 Å². The van der Waals surface area contributed by atoms with Crippen LogP contribution >= 0.6 is 0 Å². The van der Waals surface area contributed by atoms with Crippen molar-refractivity contribution in [3.8, 4) is 5.75 Å². The molecule has 0 fully saturated rings. The molecule has 0 aromatic heterocycles. The summed E-state index contributed by atoms with van der Waals surface area (Å²) in [4.78, 5) is 13.1. The standard InChI is InChI=1S/C24H32N2O4S/c1-6-24(7-2)15-20(19-10-8-9-11-22(19)30-24)25-23(27)16-26(31(5,28)29)21-13-12-17(3)14-18(21)4/h8-14,20H,6-7,15-16H2,1-5H3,(H,25,27)/t20-/m1/s1. The van der Waals surface area contributed by atoms with Gasteiger partial charge in [0.2, 0.25) is 15.9 Å². The molecule has 1 atom stereocenters. The molecule has 31 heavy (non-hydrogen) atoms. The second-order valence-corrected chi connectivity index (χ2v) is 10.3. The van der Waals surface area contributed by atoms with E-state index < -0.39 is 10.0 Å². The Hall–Kier alpha value is -2.54. The lowest BCUT2D eigenvalue weighted by molar-refractivity contribution is -0.121. The summed E-state index contributed by atoms with van der Waals surface area (Å²) in [6.45, 7) is 7.70. The van der Waals surface area contributed by atoms with E-state index in [1.54, 1.807) is 6.07 Å². The summed E-state index contributed by atoms with van der Waals surface area (Å²) in [6, 6.07) is 13.0. The highest BCUT2D eigenvalue weighted by molar-refractivity contribution is 7.92. The third kappa shape index (κ3) is 5.03. The number of nitrogens with zero attached hydrogens (tertiary/aromatic N) is 1. The van der Waals surface area contributed by atoms with Crippen LogP contribution in [-0.4, -0.2) is 32.7 Å². The molecule has 168 valence electrons. The minimum absolute atomic E-state index is 0.238. The number of nitrogens with one attached hydrogen (secondary N) is 1. The summed E-state index contributed by atoms with van der Waals surface area (Å²) >= 11 is 0. The first kappa shape index (κ1) is 23.1. The van der Waals surface area contributed by atoms with E-state index in [-0.39, 0.29) is 24.1 Å². The molecule has 0 saturated heterocycles. The second kappa shape index (κ2) is 8.91. The highest BCUT2D eigenvalue weighted by Gasteiger charge is 2.39. The average molecular weight is 445 g/mol. The molecule has 0 bridgehead atoms. The zero-order chi connectivity index (χ0) is 22.8. The van der Waals surface area contributed by atoms with Gasteiger partial charge >= 0.3 is 0 Å². The second-order valence-electron chi connectivity index (χ2n) is 8.41. The largest absolute Gasteiger partial charge is 0.487 e. The highest BCUT2D eigenvalue weighted by atomic mass is 32.2. The number of ether oxygens (including phenoxy) is 1. The van der Waals surface area contributed by atoms with Crippen LogP contribution in [0.15, 0.2) is 42.5 Å². The van der Waals surface area contributed by atoms with E-state index >= 15 is 0 Å². The van der Waals surface area contributed by atoms with Gasteiger partial charge < -0.3 is 10.1 Å². The molecule has 1 N–H and O–H groups in total. The number of carbonyl (C=O) groups is 1. The molecular weight excluding hydrogens is 412 g/mol. The molecule has 7 heteroatoms. The van der Waals surface area contributed by atoms with Gasteiger partial charge in [0, 0.05) is 12.0 Å². The maximum absolute atomic E-state index is 13.1. The van der Waals surface area contributed by atoms with Crippen LogP contribution in [0.3, 0.4) is 0 Å². The van der Waals surface area contributed by atoms with Crippen LogP contribution in [0.4, 0.5) is 5.69 Å². The zero-order valence-electron chi connectivity index (χ0n) is 18.9. The van der Waals surface area contributed by atoms with Gasteiger partial charge in [0.1, 0.15) is 17.9 Å². The lowest BCUT2D eigenvalue weighted by Gasteiger charge is -2.41. The van der Waals surface area contributed by atoms with E-state index in [4.69, 9.17) is 4.74 Å². The van der Waals surface area contributed by atoms with Crippen LogP contribution in [0.2, 0.25) is 0 Å². The van der Waals surface area contributed by atoms with Crippen LogP contribution in [0.5, 0.6) is 5.75 Å². The predicted octanol–water partition coefficient (Wildman–Crippen LogP) is 4.27. The van der Waals surface area contributed by atoms with E-state index in [1.165, 1.54) is 4.31 Å². The van der Waals surface area contributed by atoms with Gasteiger partial charge in [-0.25, -0.2) is 8.42 Å². The maximum Gasteiger partial charge on any atom is 0.241 e. The molecule has 6 nitrogen and oxygen atoms in total. The first-order valence-corrected chi connectivity index (χ1v) is 12.6. The van der Waals surface area contributed by atoms with Gasteiger partial charge in [0.25, 0.3) is 0 Å². The van der Waals surface area contributed by atoms with E-state index in [0.717, 1.165) is 41.5 Å². The Balaban J connectivity index is 1.87. The molecule has 1 amide bonds. The van der Waals surface area contributed by atoms with E-state index in [2.05, 4.69) is 19.2 Å². The van der Waals surface area contributed by atoms with Crippen molar-refractivity contribution >= 4 is 21.6 Å². The summed E-state index contributed by atoms with van der Waals surface area (Å²) in [5, 5.41) is 3.08. The molecule has 0 radical (unpaired) electrons. The van der Waals surface area contributed by atoms with Gasteiger partial charge in [0.15, 0.2) is 0 Å². The molecule has 1 aliphatic rings. The van der Waals surface area contributed by atoms with Crippen molar-refractivity contribution in [1.82, 2.24) is 5.32 Å². The Morgan fingerprint density at radius 1 is 1.16 bits per heavy atom. The predicted molar refractivity (Wildman–Crippen MR) is 124 cm³/mol. The van der Waals surface area contributed by atoms with Crippen molar-refractivity contribution < 1.29 is 17.9 Å². The maximum atomic E-state index is 13.1. The summed E-state index contributed by atoms with van der Waals surface area (Å²) < 4.78 is 32.5. The first-order chi connectivity index (χ1) is 14.6. The summed E-state index contributed by atoms with van der Waals surface area (Å²) in [5.74, 6) is 0.435. The Morgan fingerprint density at radius 3 is 2.45 bits per heavy atom. The van der Waals surface area contributed by atoms with Crippen LogP contribution in [0.1, 0.15) is 55.8 Å². The van der Waals surface area contributed by atoms with Gasteiger partial charge in [-0.05, 0) is 44.4 Å². The molecule has 2 aromatic rings. The van der Waals surface area contributed by atoms with Gasteiger partial charge in [-0.3, -0.25) is 9.10 Å². The molecule has 1 aliphatic heterocycles. The summed E-state index contributed by atoms with van der Waals surface area (Å²) in [6.07, 6.45) is 3.41. The number of sulfonamides is 1. The quantitative estimate of drug-likeness (QED) is 0.692. The number of para-hydroxylation sites is 1. The van der Waals surface area contributed by atoms with Crippen molar-refractivity contribution in [2.75, 3.05) is 17.1 Å². The van der Waals surface area contributed by atoms with E-state index in [0.29, 0.717) is 12.1 Å². The van der Waals surface area contributed by atoms with Gasteiger partial charge in [0.05, 0.1) is 18.0 Å². The monoisotopic (exact) mass is 444 g/mol. The normalized spacial score (nSPS) is 17.4.